The van der Waals surface area contributed by atoms with Crippen LogP contribution < -0.4 is 0 Å². The second-order valence-electron chi connectivity index (χ2n) is 19.2. The summed E-state index contributed by atoms with van der Waals surface area (Å²) in [5.74, 6) is -1.01. The van der Waals surface area contributed by atoms with E-state index < -0.39 is 12.1 Å². The summed E-state index contributed by atoms with van der Waals surface area (Å²) in [6.45, 7) is 6.43. The standard InChI is InChI=1S/C65H108O6/c1-4-7-10-13-16-19-22-25-28-30-32-34-37-40-43-46-49-52-55-58-64(67)70-61-62(60-69-63(66)57-54-51-48-45-42-39-36-27-24-21-18-15-12-9-6-3)71-65(68)59-56-53-50-47-44-41-38-35-33-31-29-26-23-20-17-14-11-8-5-2/h8,11,17-18,20-21,25-29,33,35-36,41,44,50,53,62H,4-7,9-10,12-16,19,22-24,30-32,34,37-40,42-43,45-49,51-52,54-61H2,1-3H3/b11-8-,20-17-,21-18-,28-25-,29-26-,35-33-,36-27-,44-41-,53-50-/t62-/m1/s1. The van der Waals surface area contributed by atoms with Gasteiger partial charge in [-0.05, 0) is 116 Å². The van der Waals surface area contributed by atoms with Crippen molar-refractivity contribution < 1.29 is 28.6 Å². The highest BCUT2D eigenvalue weighted by molar-refractivity contribution is 5.71. The number of carbonyl (C=O) groups is 3. The van der Waals surface area contributed by atoms with Crippen molar-refractivity contribution in [2.45, 2.75) is 271 Å². The molecule has 0 radical (unpaired) electrons. The quantitative estimate of drug-likeness (QED) is 0.0261. The van der Waals surface area contributed by atoms with Crippen LogP contribution in [0.5, 0.6) is 0 Å². The summed E-state index contributed by atoms with van der Waals surface area (Å²) in [4.78, 5) is 38.2. The van der Waals surface area contributed by atoms with E-state index in [9.17, 15) is 14.4 Å². The zero-order valence-corrected chi connectivity index (χ0v) is 46.2. The minimum Gasteiger partial charge on any atom is -0.462 e. The predicted octanol–water partition coefficient (Wildman–Crippen LogP) is 19.9. The Hall–Kier alpha value is -3.93. The molecule has 1 atom stereocenters. The van der Waals surface area contributed by atoms with Crippen LogP contribution in [0.2, 0.25) is 0 Å². The fraction of sp³-hybridized carbons (Fsp3) is 0.677. The Morgan fingerprint density at radius 1 is 0.296 bits per heavy atom. The van der Waals surface area contributed by atoms with E-state index in [1.54, 1.807) is 0 Å². The van der Waals surface area contributed by atoms with Gasteiger partial charge in [-0.15, -0.1) is 0 Å². The van der Waals surface area contributed by atoms with Crippen molar-refractivity contribution in [3.05, 3.63) is 109 Å². The molecule has 6 heteroatoms. The van der Waals surface area contributed by atoms with E-state index in [0.29, 0.717) is 19.3 Å². The molecule has 0 heterocycles. The summed E-state index contributed by atoms with van der Waals surface area (Å²) in [6, 6.07) is 0. The highest BCUT2D eigenvalue weighted by Gasteiger charge is 2.19. The first-order valence-electron chi connectivity index (χ1n) is 29.4. The van der Waals surface area contributed by atoms with E-state index in [1.807, 2.05) is 12.2 Å². The fourth-order valence-corrected chi connectivity index (χ4v) is 7.85. The van der Waals surface area contributed by atoms with E-state index in [4.69, 9.17) is 14.2 Å². The summed E-state index contributed by atoms with van der Waals surface area (Å²) < 4.78 is 16.8. The molecule has 0 saturated carbocycles. The van der Waals surface area contributed by atoms with Gasteiger partial charge >= 0.3 is 17.9 Å². The van der Waals surface area contributed by atoms with E-state index >= 15 is 0 Å². The predicted molar refractivity (Wildman–Crippen MR) is 307 cm³/mol. The minimum atomic E-state index is -0.827. The summed E-state index contributed by atoms with van der Waals surface area (Å²) in [6.07, 6.45) is 79.5. The first-order chi connectivity index (χ1) is 35.0. The van der Waals surface area contributed by atoms with Crippen LogP contribution in [0.25, 0.3) is 0 Å². The van der Waals surface area contributed by atoms with E-state index in [0.717, 1.165) is 103 Å². The molecule has 71 heavy (non-hydrogen) atoms. The molecule has 0 aromatic carbocycles. The van der Waals surface area contributed by atoms with Crippen LogP contribution >= 0.6 is 0 Å². The number of unbranched alkanes of at least 4 members (excludes halogenated alkanes) is 23. The molecule has 0 amide bonds. The van der Waals surface area contributed by atoms with Gasteiger partial charge in [-0.2, -0.15) is 0 Å². The minimum absolute atomic E-state index is 0.115. The molecule has 0 saturated heterocycles. The lowest BCUT2D eigenvalue weighted by Gasteiger charge is -2.18. The Morgan fingerprint density at radius 3 is 0.958 bits per heavy atom. The summed E-state index contributed by atoms with van der Waals surface area (Å²) in [5, 5.41) is 0. The van der Waals surface area contributed by atoms with Crippen LogP contribution in [-0.2, 0) is 28.6 Å². The van der Waals surface area contributed by atoms with Gasteiger partial charge in [0.25, 0.3) is 0 Å². The van der Waals surface area contributed by atoms with E-state index in [1.165, 1.54) is 116 Å². The Kier molecular flexibility index (Phi) is 55.4. The highest BCUT2D eigenvalue weighted by Crippen LogP contribution is 2.14. The SMILES string of the molecule is CC/C=C\C/C=C\C/C=C\C/C=C\C/C=C\C/C=C\CCC(=O)O[C@H](COC(=O)CCCCCCC/C=C\C/C=C\CCCCC)COC(=O)CCCCCCCCCCC/C=C\CCCCCCCC. The summed E-state index contributed by atoms with van der Waals surface area (Å²) >= 11 is 0. The Morgan fingerprint density at radius 2 is 0.577 bits per heavy atom. The van der Waals surface area contributed by atoms with Gasteiger partial charge < -0.3 is 14.2 Å². The molecule has 0 unspecified atom stereocenters. The van der Waals surface area contributed by atoms with E-state index in [2.05, 4.69) is 118 Å². The van der Waals surface area contributed by atoms with Crippen molar-refractivity contribution in [3.63, 3.8) is 0 Å². The average Bonchev–Trinajstić information content (AvgIpc) is 3.37. The number of allylic oxidation sites excluding steroid dienone is 18. The fourth-order valence-electron chi connectivity index (χ4n) is 7.85. The molecule has 6 nitrogen and oxygen atoms in total. The number of carbonyl (C=O) groups excluding carboxylic acids is 3. The summed E-state index contributed by atoms with van der Waals surface area (Å²) in [7, 11) is 0. The molecular formula is C65H108O6. The molecule has 0 spiro atoms. The molecule has 0 N–H and O–H groups in total. The number of esters is 3. The zero-order valence-electron chi connectivity index (χ0n) is 46.2. The van der Waals surface area contributed by atoms with Crippen LogP contribution in [-0.4, -0.2) is 37.2 Å². The second-order valence-corrected chi connectivity index (χ2v) is 19.2. The number of rotatable bonds is 52. The van der Waals surface area contributed by atoms with E-state index in [-0.39, 0.29) is 31.6 Å². The molecule has 0 bridgehead atoms. The van der Waals surface area contributed by atoms with Gasteiger partial charge in [0.1, 0.15) is 13.2 Å². The molecule has 0 aromatic heterocycles. The van der Waals surface area contributed by atoms with Gasteiger partial charge in [0.05, 0.1) is 0 Å². The molecule has 0 aromatic rings. The number of hydrogen-bond donors (Lipinski definition) is 0. The molecule has 0 rings (SSSR count). The molecule has 0 fully saturated rings. The first-order valence-corrected chi connectivity index (χ1v) is 29.4. The normalized spacial score (nSPS) is 12.9. The van der Waals surface area contributed by atoms with Crippen LogP contribution in [0, 0.1) is 0 Å². The third kappa shape index (κ3) is 56.9. The average molecular weight is 986 g/mol. The topological polar surface area (TPSA) is 78.9 Å². The van der Waals surface area contributed by atoms with Crippen LogP contribution in [0.15, 0.2) is 109 Å². The zero-order chi connectivity index (χ0) is 51.4. The van der Waals surface area contributed by atoms with Crippen molar-refractivity contribution >= 4 is 17.9 Å². The third-order valence-electron chi connectivity index (χ3n) is 12.2. The van der Waals surface area contributed by atoms with Gasteiger partial charge in [-0.1, -0.05) is 239 Å². The molecule has 0 aliphatic heterocycles. The lowest BCUT2D eigenvalue weighted by molar-refractivity contribution is -0.166. The Bertz CT molecular complexity index is 1460. The largest absolute Gasteiger partial charge is 0.462 e. The first kappa shape index (κ1) is 67.1. The van der Waals surface area contributed by atoms with Crippen LogP contribution in [0.3, 0.4) is 0 Å². The molecule has 0 aliphatic rings. The lowest BCUT2D eigenvalue weighted by Crippen LogP contribution is -2.30. The summed E-state index contributed by atoms with van der Waals surface area (Å²) in [5.41, 5.74) is 0. The lowest BCUT2D eigenvalue weighted by atomic mass is 10.1. The van der Waals surface area contributed by atoms with Crippen molar-refractivity contribution in [2.24, 2.45) is 0 Å². The van der Waals surface area contributed by atoms with Crippen LogP contribution in [0.4, 0.5) is 0 Å². The van der Waals surface area contributed by atoms with Gasteiger partial charge in [0.2, 0.25) is 0 Å². The Balaban J connectivity index is 4.52. The molecule has 0 aliphatic carbocycles. The third-order valence-corrected chi connectivity index (χ3v) is 12.2. The second kappa shape index (κ2) is 58.6. The van der Waals surface area contributed by atoms with Crippen molar-refractivity contribution in [3.8, 4) is 0 Å². The number of ether oxygens (including phenoxy) is 3. The van der Waals surface area contributed by atoms with Gasteiger partial charge in [0, 0.05) is 19.3 Å². The maximum atomic E-state index is 12.8. The van der Waals surface area contributed by atoms with Crippen molar-refractivity contribution in [1.82, 2.24) is 0 Å². The Labute approximate surface area is 438 Å². The number of hydrogen-bond acceptors (Lipinski definition) is 6. The van der Waals surface area contributed by atoms with Crippen LogP contribution in [0.1, 0.15) is 265 Å². The van der Waals surface area contributed by atoms with Crippen molar-refractivity contribution in [2.75, 3.05) is 13.2 Å². The van der Waals surface area contributed by atoms with Gasteiger partial charge in [0.15, 0.2) is 6.10 Å². The van der Waals surface area contributed by atoms with Gasteiger partial charge in [-0.3, -0.25) is 14.4 Å². The monoisotopic (exact) mass is 985 g/mol. The van der Waals surface area contributed by atoms with Crippen molar-refractivity contribution in [1.29, 1.82) is 0 Å². The maximum absolute atomic E-state index is 12.8. The maximum Gasteiger partial charge on any atom is 0.306 e. The smallest absolute Gasteiger partial charge is 0.306 e. The highest BCUT2D eigenvalue weighted by atomic mass is 16.6. The van der Waals surface area contributed by atoms with Gasteiger partial charge in [-0.25, -0.2) is 0 Å². The molecular weight excluding hydrogens is 877 g/mol. The molecule has 404 valence electrons.